The Bertz CT molecular complexity index is 152. The van der Waals surface area contributed by atoms with Gasteiger partial charge in [-0.05, 0) is 25.9 Å². The van der Waals surface area contributed by atoms with E-state index in [4.69, 9.17) is 4.74 Å². The van der Waals surface area contributed by atoms with Crippen molar-refractivity contribution in [2.75, 3.05) is 39.9 Å². The molecule has 1 heterocycles. The Hall–Kier alpha value is -0.120. The van der Waals surface area contributed by atoms with Crippen LogP contribution < -0.4 is 5.32 Å². The van der Waals surface area contributed by atoms with Crippen LogP contribution in [0.4, 0.5) is 0 Å². The Morgan fingerprint density at radius 1 is 1.57 bits per heavy atom. The van der Waals surface area contributed by atoms with Gasteiger partial charge in [-0.1, -0.05) is 13.8 Å². The molecule has 0 spiro atoms. The number of hydrogen-bond donors (Lipinski definition) is 1. The minimum atomic E-state index is 0.642. The first-order valence-electron chi connectivity index (χ1n) is 5.74. The summed E-state index contributed by atoms with van der Waals surface area (Å²) >= 11 is 0. The molecule has 1 aliphatic rings. The van der Waals surface area contributed by atoms with Gasteiger partial charge in [-0.25, -0.2) is 0 Å². The lowest BCUT2D eigenvalue weighted by molar-refractivity contribution is -0.0142. The molecule has 1 aliphatic heterocycles. The molecule has 84 valence electrons. The van der Waals surface area contributed by atoms with Gasteiger partial charge in [-0.2, -0.15) is 0 Å². The molecule has 14 heavy (non-hydrogen) atoms. The summed E-state index contributed by atoms with van der Waals surface area (Å²) in [4.78, 5) is 2.57. The van der Waals surface area contributed by atoms with Crippen LogP contribution in [0, 0.1) is 5.92 Å². The lowest BCUT2D eigenvalue weighted by Crippen LogP contribution is -2.47. The Labute approximate surface area is 87.8 Å². The molecule has 0 radical (unpaired) electrons. The average molecular weight is 200 g/mol. The van der Waals surface area contributed by atoms with Crippen molar-refractivity contribution in [1.29, 1.82) is 0 Å². The van der Waals surface area contributed by atoms with Gasteiger partial charge in [0, 0.05) is 19.1 Å². The van der Waals surface area contributed by atoms with Crippen LogP contribution in [0.25, 0.3) is 0 Å². The van der Waals surface area contributed by atoms with E-state index in [0.717, 1.165) is 32.2 Å². The van der Waals surface area contributed by atoms with Gasteiger partial charge in [0.05, 0.1) is 13.2 Å². The summed E-state index contributed by atoms with van der Waals surface area (Å²) in [5, 5.41) is 3.23. The van der Waals surface area contributed by atoms with Gasteiger partial charge in [0.2, 0.25) is 0 Å². The highest BCUT2D eigenvalue weighted by molar-refractivity contribution is 4.75. The smallest absolute Gasteiger partial charge is 0.0622 e. The Balaban J connectivity index is 2.32. The van der Waals surface area contributed by atoms with Crippen LogP contribution in [0.2, 0.25) is 0 Å². The highest BCUT2D eigenvalue weighted by Gasteiger charge is 2.22. The molecular formula is C11H24N2O. The molecule has 0 aromatic heterocycles. The first kappa shape index (κ1) is 12.0. The zero-order chi connectivity index (χ0) is 10.4. The van der Waals surface area contributed by atoms with E-state index in [9.17, 15) is 0 Å². The van der Waals surface area contributed by atoms with Crippen LogP contribution in [0.5, 0.6) is 0 Å². The standard InChI is InChI=1S/C11H24N2O/c1-4-11-9-14-6-5-13(11)8-10(2)7-12-3/h10-12H,4-9H2,1-3H3. The van der Waals surface area contributed by atoms with Crippen molar-refractivity contribution in [1.82, 2.24) is 10.2 Å². The molecule has 0 aliphatic carbocycles. The lowest BCUT2D eigenvalue weighted by atomic mass is 10.1. The monoisotopic (exact) mass is 200 g/mol. The fourth-order valence-electron chi connectivity index (χ4n) is 2.12. The van der Waals surface area contributed by atoms with Crippen molar-refractivity contribution < 1.29 is 4.74 Å². The zero-order valence-corrected chi connectivity index (χ0v) is 9.75. The van der Waals surface area contributed by atoms with Crippen molar-refractivity contribution >= 4 is 0 Å². The average Bonchev–Trinajstić information content (AvgIpc) is 2.19. The molecule has 1 saturated heterocycles. The summed E-state index contributed by atoms with van der Waals surface area (Å²) in [7, 11) is 2.02. The second kappa shape index (κ2) is 6.38. The van der Waals surface area contributed by atoms with E-state index in [2.05, 4.69) is 24.1 Å². The molecule has 0 saturated carbocycles. The maximum Gasteiger partial charge on any atom is 0.0622 e. The summed E-state index contributed by atoms with van der Waals surface area (Å²) in [5.74, 6) is 0.729. The van der Waals surface area contributed by atoms with Gasteiger partial charge >= 0.3 is 0 Å². The summed E-state index contributed by atoms with van der Waals surface area (Å²) in [5.41, 5.74) is 0. The van der Waals surface area contributed by atoms with Gasteiger partial charge in [0.25, 0.3) is 0 Å². The van der Waals surface area contributed by atoms with Gasteiger partial charge in [-0.15, -0.1) is 0 Å². The van der Waals surface area contributed by atoms with E-state index in [-0.39, 0.29) is 0 Å². The highest BCUT2D eigenvalue weighted by Crippen LogP contribution is 2.12. The van der Waals surface area contributed by atoms with Crippen LogP contribution in [0.1, 0.15) is 20.3 Å². The Morgan fingerprint density at radius 3 is 3.00 bits per heavy atom. The van der Waals surface area contributed by atoms with Crippen molar-refractivity contribution in [3.63, 3.8) is 0 Å². The third kappa shape index (κ3) is 3.56. The van der Waals surface area contributed by atoms with Crippen LogP contribution >= 0.6 is 0 Å². The number of morpholine rings is 1. The van der Waals surface area contributed by atoms with Crippen molar-refractivity contribution in [2.24, 2.45) is 5.92 Å². The molecule has 0 bridgehead atoms. The second-order valence-electron chi connectivity index (χ2n) is 4.29. The fourth-order valence-corrected chi connectivity index (χ4v) is 2.12. The normalized spacial score (nSPS) is 26.4. The summed E-state index contributed by atoms with van der Waals surface area (Å²) in [6.07, 6.45) is 1.20. The van der Waals surface area contributed by atoms with Gasteiger partial charge < -0.3 is 10.1 Å². The molecule has 1 fully saturated rings. The van der Waals surface area contributed by atoms with Gasteiger partial charge in [0.15, 0.2) is 0 Å². The molecule has 3 nitrogen and oxygen atoms in total. The Morgan fingerprint density at radius 2 is 2.36 bits per heavy atom. The fraction of sp³-hybridized carbons (Fsp3) is 1.00. The zero-order valence-electron chi connectivity index (χ0n) is 9.75. The first-order valence-corrected chi connectivity index (χ1v) is 5.74. The minimum absolute atomic E-state index is 0.642. The molecule has 2 atom stereocenters. The predicted octanol–water partition coefficient (Wildman–Crippen LogP) is 0.953. The third-order valence-corrected chi connectivity index (χ3v) is 2.92. The first-order chi connectivity index (χ1) is 6.77. The molecule has 1 N–H and O–H groups in total. The number of ether oxygens (including phenoxy) is 1. The van der Waals surface area contributed by atoms with E-state index in [1.165, 1.54) is 13.0 Å². The number of rotatable bonds is 5. The molecule has 0 aromatic carbocycles. The molecule has 2 unspecified atom stereocenters. The molecule has 0 amide bonds. The van der Waals surface area contributed by atoms with Gasteiger partial charge in [-0.3, -0.25) is 4.90 Å². The lowest BCUT2D eigenvalue weighted by Gasteiger charge is -2.36. The van der Waals surface area contributed by atoms with E-state index in [1.807, 2.05) is 7.05 Å². The highest BCUT2D eigenvalue weighted by atomic mass is 16.5. The summed E-state index contributed by atoms with van der Waals surface area (Å²) in [6.45, 7) is 9.78. The topological polar surface area (TPSA) is 24.5 Å². The van der Waals surface area contributed by atoms with Crippen molar-refractivity contribution in [3.8, 4) is 0 Å². The second-order valence-corrected chi connectivity index (χ2v) is 4.29. The SMILES string of the molecule is CCC1COCCN1CC(C)CNC. The van der Waals surface area contributed by atoms with Crippen LogP contribution in [-0.4, -0.2) is 50.8 Å². The van der Waals surface area contributed by atoms with Crippen LogP contribution in [0.3, 0.4) is 0 Å². The largest absolute Gasteiger partial charge is 0.378 e. The number of hydrogen-bond acceptors (Lipinski definition) is 3. The number of nitrogens with one attached hydrogen (secondary N) is 1. The molecule has 3 heteroatoms. The van der Waals surface area contributed by atoms with E-state index >= 15 is 0 Å². The Kier molecular flexibility index (Phi) is 5.45. The third-order valence-electron chi connectivity index (χ3n) is 2.92. The summed E-state index contributed by atoms with van der Waals surface area (Å²) < 4.78 is 5.49. The molecular weight excluding hydrogens is 176 g/mol. The van der Waals surface area contributed by atoms with E-state index in [1.54, 1.807) is 0 Å². The summed E-state index contributed by atoms with van der Waals surface area (Å²) in [6, 6.07) is 0.642. The van der Waals surface area contributed by atoms with Crippen molar-refractivity contribution in [3.05, 3.63) is 0 Å². The van der Waals surface area contributed by atoms with E-state index < -0.39 is 0 Å². The molecule has 1 rings (SSSR count). The molecule has 0 aromatic rings. The minimum Gasteiger partial charge on any atom is -0.378 e. The van der Waals surface area contributed by atoms with Crippen LogP contribution in [-0.2, 0) is 4.74 Å². The predicted molar refractivity (Wildman–Crippen MR) is 59.6 cm³/mol. The van der Waals surface area contributed by atoms with Crippen molar-refractivity contribution in [2.45, 2.75) is 26.3 Å². The number of nitrogens with zero attached hydrogens (tertiary/aromatic N) is 1. The van der Waals surface area contributed by atoms with Crippen LogP contribution in [0.15, 0.2) is 0 Å². The van der Waals surface area contributed by atoms with Gasteiger partial charge in [0.1, 0.15) is 0 Å². The maximum atomic E-state index is 5.49. The van der Waals surface area contributed by atoms with E-state index in [0.29, 0.717) is 6.04 Å². The quantitative estimate of drug-likeness (QED) is 0.715. The maximum absolute atomic E-state index is 5.49.